The number of benzene rings is 2. The second-order valence-electron chi connectivity index (χ2n) is 4.59. The van der Waals surface area contributed by atoms with Crippen LogP contribution in [0.3, 0.4) is 0 Å². The Kier molecular flexibility index (Phi) is 4.87. The molecule has 21 heavy (non-hydrogen) atoms. The first-order valence-corrected chi connectivity index (χ1v) is 6.09. The topological polar surface area (TPSA) is 74.6 Å². The summed E-state index contributed by atoms with van der Waals surface area (Å²) >= 11 is 0. The zero-order chi connectivity index (χ0) is 14.9. The predicted molar refractivity (Wildman–Crippen MR) is 82.0 cm³/mol. The second-order valence-corrected chi connectivity index (χ2v) is 4.59. The van der Waals surface area contributed by atoms with Gasteiger partial charge in [0.25, 0.3) is 0 Å². The van der Waals surface area contributed by atoms with Crippen LogP contribution in [-0.2, 0) is 0 Å². The molecule has 2 aromatic rings. The summed E-state index contributed by atoms with van der Waals surface area (Å²) in [5.41, 5.74) is 2.77. The van der Waals surface area contributed by atoms with E-state index in [1.54, 1.807) is 18.2 Å². The molecule has 0 aliphatic carbocycles. The predicted octanol–water partition coefficient (Wildman–Crippen LogP) is 4.00. The maximum atomic E-state index is 11.5. The maximum absolute atomic E-state index is 11.5. The third-order valence-corrected chi connectivity index (χ3v) is 3.40. The van der Waals surface area contributed by atoms with Gasteiger partial charge in [0, 0.05) is 0 Å². The minimum atomic E-state index is -1.24. The minimum Gasteiger partial charge on any atom is -0.478 e. The summed E-state index contributed by atoms with van der Waals surface area (Å²) in [5, 5.41) is 18.5. The average Bonchev–Trinajstić information content (AvgIpc) is 2.40. The van der Waals surface area contributed by atoms with E-state index in [4.69, 9.17) is 5.11 Å². The normalized spacial score (nSPS) is 9.81. The van der Waals surface area contributed by atoms with E-state index in [1.165, 1.54) is 6.07 Å². The van der Waals surface area contributed by atoms with Crippen LogP contribution >= 0.6 is 0 Å². The average molecular weight is 286 g/mol. The van der Waals surface area contributed by atoms with E-state index in [-0.39, 0.29) is 18.6 Å². The van der Waals surface area contributed by atoms with Gasteiger partial charge in [-0.25, -0.2) is 9.59 Å². The van der Waals surface area contributed by atoms with E-state index in [0.29, 0.717) is 5.56 Å². The quantitative estimate of drug-likeness (QED) is 0.894. The molecule has 0 aliphatic heterocycles. The Morgan fingerprint density at radius 2 is 1.43 bits per heavy atom. The van der Waals surface area contributed by atoms with Crippen LogP contribution in [0.2, 0.25) is 0 Å². The fourth-order valence-corrected chi connectivity index (χ4v) is 2.23. The molecule has 0 spiro atoms. The first-order valence-electron chi connectivity index (χ1n) is 6.09. The summed E-state index contributed by atoms with van der Waals surface area (Å²) in [6.45, 7) is 3.82. The highest BCUT2D eigenvalue weighted by Gasteiger charge is 2.21. The highest BCUT2D eigenvalue weighted by Crippen LogP contribution is 2.30. The van der Waals surface area contributed by atoms with E-state index in [9.17, 15) is 14.7 Å². The molecule has 0 heterocycles. The van der Waals surface area contributed by atoms with Crippen LogP contribution in [0.4, 0.5) is 0 Å². The molecule has 2 N–H and O–H groups in total. The number of aromatic carboxylic acids is 2. The van der Waals surface area contributed by atoms with Crippen LogP contribution < -0.4 is 0 Å². The van der Waals surface area contributed by atoms with E-state index in [0.717, 1.165) is 16.7 Å². The van der Waals surface area contributed by atoms with E-state index in [2.05, 4.69) is 0 Å². The summed E-state index contributed by atoms with van der Waals surface area (Å²) < 4.78 is 0. The standard InChI is InChI=1S/C16H14O4.CH4/c1-9-5-3-6-11(10(9)2)12-7-4-8-13(15(17)18)14(12)16(19)20;/h3-8H,1-2H3,(H,17,18)(H,19,20);1H4. The molecule has 0 aliphatic rings. The Hall–Kier alpha value is -2.62. The van der Waals surface area contributed by atoms with Crippen molar-refractivity contribution in [2.45, 2.75) is 21.3 Å². The smallest absolute Gasteiger partial charge is 0.337 e. The lowest BCUT2D eigenvalue weighted by Crippen LogP contribution is -2.10. The van der Waals surface area contributed by atoms with Gasteiger partial charge in [-0.1, -0.05) is 37.8 Å². The molecule has 0 bridgehead atoms. The highest BCUT2D eigenvalue weighted by molar-refractivity contribution is 6.06. The summed E-state index contributed by atoms with van der Waals surface area (Å²) in [6.07, 6.45) is 0. The number of carboxylic acids is 2. The molecule has 0 radical (unpaired) electrons. The van der Waals surface area contributed by atoms with Crippen molar-refractivity contribution in [3.8, 4) is 11.1 Å². The Morgan fingerprint density at radius 3 is 2.00 bits per heavy atom. The van der Waals surface area contributed by atoms with Crippen molar-refractivity contribution >= 4 is 11.9 Å². The zero-order valence-corrected chi connectivity index (χ0v) is 11.2. The minimum absolute atomic E-state index is 0. The third-order valence-electron chi connectivity index (χ3n) is 3.40. The van der Waals surface area contributed by atoms with Crippen molar-refractivity contribution in [1.29, 1.82) is 0 Å². The summed E-state index contributed by atoms with van der Waals surface area (Å²) in [4.78, 5) is 22.7. The van der Waals surface area contributed by atoms with Crippen molar-refractivity contribution in [3.05, 3.63) is 58.7 Å². The van der Waals surface area contributed by atoms with Gasteiger partial charge in [-0.05, 0) is 42.2 Å². The number of aryl methyl sites for hydroxylation is 1. The van der Waals surface area contributed by atoms with Gasteiger partial charge in [-0.2, -0.15) is 0 Å². The summed E-state index contributed by atoms with van der Waals surface area (Å²) in [7, 11) is 0. The van der Waals surface area contributed by atoms with Crippen LogP contribution in [-0.4, -0.2) is 22.2 Å². The Bertz CT molecular complexity index is 702. The van der Waals surface area contributed by atoms with Gasteiger partial charge in [0.05, 0.1) is 11.1 Å². The number of rotatable bonds is 3. The van der Waals surface area contributed by atoms with Crippen LogP contribution in [0.15, 0.2) is 36.4 Å². The SMILES string of the molecule is C.Cc1cccc(-c2cccc(C(=O)O)c2C(=O)O)c1C. The Morgan fingerprint density at radius 1 is 0.857 bits per heavy atom. The third kappa shape index (κ3) is 2.94. The van der Waals surface area contributed by atoms with Crippen LogP contribution in [0.5, 0.6) is 0 Å². The monoisotopic (exact) mass is 286 g/mol. The molecule has 0 atom stereocenters. The van der Waals surface area contributed by atoms with Gasteiger partial charge < -0.3 is 10.2 Å². The molecule has 0 unspecified atom stereocenters. The maximum Gasteiger partial charge on any atom is 0.337 e. The lowest BCUT2D eigenvalue weighted by atomic mass is 9.91. The van der Waals surface area contributed by atoms with Gasteiger partial charge in [-0.15, -0.1) is 0 Å². The molecular weight excluding hydrogens is 268 g/mol. The first kappa shape index (κ1) is 16.4. The molecule has 2 rings (SSSR count). The molecular formula is C17H18O4. The number of hydrogen-bond acceptors (Lipinski definition) is 2. The van der Waals surface area contributed by atoms with Gasteiger partial charge in [-0.3, -0.25) is 0 Å². The summed E-state index contributed by atoms with van der Waals surface area (Å²) in [6, 6.07) is 10.1. The number of carboxylic acid groups (broad SMARTS) is 2. The first-order chi connectivity index (χ1) is 9.43. The van der Waals surface area contributed by atoms with Crippen molar-refractivity contribution < 1.29 is 19.8 Å². The Labute approximate surface area is 123 Å². The van der Waals surface area contributed by atoms with Crippen molar-refractivity contribution in [1.82, 2.24) is 0 Å². The molecule has 0 aromatic heterocycles. The zero-order valence-electron chi connectivity index (χ0n) is 11.2. The van der Waals surface area contributed by atoms with Crippen molar-refractivity contribution in [3.63, 3.8) is 0 Å². The van der Waals surface area contributed by atoms with E-state index in [1.807, 2.05) is 26.0 Å². The molecule has 2 aromatic carbocycles. The summed E-state index contributed by atoms with van der Waals surface area (Å²) in [5.74, 6) is -2.48. The largest absolute Gasteiger partial charge is 0.478 e. The van der Waals surface area contributed by atoms with Gasteiger partial charge in [0.2, 0.25) is 0 Å². The van der Waals surface area contributed by atoms with E-state index < -0.39 is 11.9 Å². The molecule has 4 nitrogen and oxygen atoms in total. The lowest BCUT2D eigenvalue weighted by Gasteiger charge is -2.13. The molecule has 0 amide bonds. The lowest BCUT2D eigenvalue weighted by molar-refractivity contribution is 0.0652. The van der Waals surface area contributed by atoms with Gasteiger partial charge >= 0.3 is 11.9 Å². The highest BCUT2D eigenvalue weighted by atomic mass is 16.4. The number of carbonyl (C=O) groups is 2. The van der Waals surface area contributed by atoms with Crippen LogP contribution in [0, 0.1) is 13.8 Å². The van der Waals surface area contributed by atoms with Crippen LogP contribution in [0.25, 0.3) is 11.1 Å². The fraction of sp³-hybridized carbons (Fsp3) is 0.176. The Balaban J connectivity index is 0.00000220. The van der Waals surface area contributed by atoms with Crippen molar-refractivity contribution in [2.75, 3.05) is 0 Å². The molecule has 110 valence electrons. The van der Waals surface area contributed by atoms with Crippen molar-refractivity contribution in [2.24, 2.45) is 0 Å². The molecule has 0 fully saturated rings. The van der Waals surface area contributed by atoms with Crippen LogP contribution in [0.1, 0.15) is 39.3 Å². The second kappa shape index (κ2) is 6.22. The molecule has 0 saturated carbocycles. The molecule has 4 heteroatoms. The van der Waals surface area contributed by atoms with E-state index >= 15 is 0 Å². The fourth-order valence-electron chi connectivity index (χ4n) is 2.23. The van der Waals surface area contributed by atoms with Gasteiger partial charge in [0.1, 0.15) is 0 Å². The number of hydrogen-bond donors (Lipinski definition) is 2. The molecule has 0 saturated heterocycles. The van der Waals surface area contributed by atoms with Gasteiger partial charge in [0.15, 0.2) is 0 Å².